The molecule has 2 rings (SSSR count). The highest BCUT2D eigenvalue weighted by Crippen LogP contribution is 2.25. The molecule has 0 aliphatic heterocycles. The fourth-order valence-electron chi connectivity index (χ4n) is 0.985. The largest absolute Gasteiger partial charge is 0.281 e. The summed E-state index contributed by atoms with van der Waals surface area (Å²) >= 11 is 12.3. The number of fused-ring (bicyclic) bond motifs is 1. The molecule has 2 nitrogen and oxygen atoms in total. The number of hydrogen-bond donors (Lipinski definition) is 0. The zero-order chi connectivity index (χ0) is 9.42. The van der Waals surface area contributed by atoms with Crippen LogP contribution in [0.2, 0.25) is 5.02 Å². The summed E-state index contributed by atoms with van der Waals surface area (Å²) in [6, 6.07) is 5.28. The molecule has 0 N–H and O–H groups in total. The number of benzene rings is 1. The van der Waals surface area contributed by atoms with Crippen LogP contribution >= 0.6 is 34.5 Å². The fraction of sp³-hybridized carbons (Fsp3) is 0. The molecule has 1 heterocycles. The molecule has 13 heavy (non-hydrogen) atoms. The smallest absolute Gasteiger partial charge is 0.273 e. The normalized spacial score (nSPS) is 10.6. The SMILES string of the molecule is O=C(Cl)c1nc2cc(Cl)ccc2s1. The fourth-order valence-corrected chi connectivity index (χ4v) is 2.09. The van der Waals surface area contributed by atoms with Gasteiger partial charge in [0.1, 0.15) is 0 Å². The number of halogens is 2. The molecule has 1 aromatic carbocycles. The number of carbonyl (C=O) groups excluding carboxylic acids is 1. The van der Waals surface area contributed by atoms with Gasteiger partial charge in [-0.3, -0.25) is 4.79 Å². The first-order chi connectivity index (χ1) is 6.16. The highest BCUT2D eigenvalue weighted by Gasteiger charge is 2.09. The van der Waals surface area contributed by atoms with Gasteiger partial charge in [-0.25, -0.2) is 4.98 Å². The highest BCUT2D eigenvalue weighted by atomic mass is 35.5. The molecule has 0 spiro atoms. The molecule has 0 fully saturated rings. The van der Waals surface area contributed by atoms with E-state index in [4.69, 9.17) is 23.2 Å². The van der Waals surface area contributed by atoms with Crippen molar-refractivity contribution >= 4 is 50.0 Å². The van der Waals surface area contributed by atoms with E-state index in [1.807, 2.05) is 6.07 Å². The van der Waals surface area contributed by atoms with Crippen molar-refractivity contribution in [2.24, 2.45) is 0 Å². The predicted molar refractivity (Wildman–Crippen MR) is 54.8 cm³/mol. The van der Waals surface area contributed by atoms with E-state index in [1.54, 1.807) is 12.1 Å². The average Bonchev–Trinajstić information content (AvgIpc) is 2.46. The van der Waals surface area contributed by atoms with Gasteiger partial charge >= 0.3 is 0 Å². The molecule has 2 aromatic rings. The number of hydrogen-bond acceptors (Lipinski definition) is 3. The maximum absolute atomic E-state index is 10.8. The predicted octanol–water partition coefficient (Wildman–Crippen LogP) is 3.33. The van der Waals surface area contributed by atoms with Crippen molar-refractivity contribution < 1.29 is 4.79 Å². The second-order valence-corrected chi connectivity index (χ2v) is 4.22. The lowest BCUT2D eigenvalue weighted by atomic mass is 10.3. The van der Waals surface area contributed by atoms with E-state index in [-0.39, 0.29) is 0 Å². The van der Waals surface area contributed by atoms with Crippen molar-refractivity contribution in [2.75, 3.05) is 0 Å². The van der Waals surface area contributed by atoms with Gasteiger partial charge in [0.2, 0.25) is 0 Å². The summed E-state index contributed by atoms with van der Waals surface area (Å²) in [5, 5.41) is 0.377. The van der Waals surface area contributed by atoms with Gasteiger partial charge in [-0.15, -0.1) is 11.3 Å². The van der Waals surface area contributed by atoms with Gasteiger partial charge in [-0.2, -0.15) is 0 Å². The van der Waals surface area contributed by atoms with Crippen LogP contribution < -0.4 is 0 Å². The summed E-state index contributed by atoms with van der Waals surface area (Å²) in [5.41, 5.74) is 0.710. The van der Waals surface area contributed by atoms with Crippen LogP contribution in [0.3, 0.4) is 0 Å². The van der Waals surface area contributed by atoms with Crippen LogP contribution in [0.15, 0.2) is 18.2 Å². The summed E-state index contributed by atoms with van der Waals surface area (Å²) in [6.45, 7) is 0. The first-order valence-electron chi connectivity index (χ1n) is 3.43. The van der Waals surface area contributed by atoms with Crippen LogP contribution in [0.1, 0.15) is 9.80 Å². The summed E-state index contributed by atoms with van der Waals surface area (Å²) in [6.07, 6.45) is 0. The zero-order valence-corrected chi connectivity index (χ0v) is 8.58. The van der Waals surface area contributed by atoms with Crippen molar-refractivity contribution in [1.29, 1.82) is 0 Å². The van der Waals surface area contributed by atoms with Crippen molar-refractivity contribution in [3.63, 3.8) is 0 Å². The number of rotatable bonds is 1. The summed E-state index contributed by atoms with van der Waals surface area (Å²) in [5.74, 6) is 0. The van der Waals surface area contributed by atoms with E-state index in [2.05, 4.69) is 4.98 Å². The van der Waals surface area contributed by atoms with E-state index in [0.717, 1.165) is 4.70 Å². The standard InChI is InChI=1S/C8H3Cl2NOS/c9-4-1-2-6-5(3-4)11-8(13-6)7(10)12/h1-3H. The quantitative estimate of drug-likeness (QED) is 0.706. The van der Waals surface area contributed by atoms with Crippen molar-refractivity contribution in [2.45, 2.75) is 0 Å². The Hall–Kier alpha value is -0.640. The lowest BCUT2D eigenvalue weighted by Gasteiger charge is -1.86. The first-order valence-corrected chi connectivity index (χ1v) is 5.00. The third-order valence-corrected chi connectivity index (χ3v) is 3.08. The molecule has 0 unspecified atom stereocenters. The van der Waals surface area contributed by atoms with Gasteiger partial charge in [0, 0.05) is 5.02 Å². The van der Waals surface area contributed by atoms with E-state index in [0.29, 0.717) is 15.5 Å². The Labute approximate surface area is 88.1 Å². The summed E-state index contributed by atoms with van der Waals surface area (Å²) < 4.78 is 0.911. The van der Waals surface area contributed by atoms with Gasteiger partial charge < -0.3 is 0 Å². The molecule has 0 radical (unpaired) electrons. The molecule has 0 aliphatic carbocycles. The molecule has 0 saturated heterocycles. The van der Waals surface area contributed by atoms with Crippen LogP contribution in [0.4, 0.5) is 0 Å². The molecule has 0 saturated carbocycles. The molecule has 0 atom stereocenters. The Kier molecular flexibility index (Phi) is 2.24. The Morgan fingerprint density at radius 3 is 2.92 bits per heavy atom. The Balaban J connectivity index is 2.68. The summed E-state index contributed by atoms with van der Waals surface area (Å²) in [7, 11) is 0. The van der Waals surface area contributed by atoms with Gasteiger partial charge in [0.25, 0.3) is 5.24 Å². The van der Waals surface area contributed by atoms with E-state index < -0.39 is 5.24 Å². The molecular weight excluding hydrogens is 229 g/mol. The number of thiazole rings is 1. The van der Waals surface area contributed by atoms with Gasteiger partial charge in [-0.05, 0) is 29.8 Å². The first kappa shape index (κ1) is 8.94. The molecule has 0 aliphatic rings. The van der Waals surface area contributed by atoms with Crippen LogP contribution in [0.5, 0.6) is 0 Å². The maximum atomic E-state index is 10.8. The molecule has 1 aromatic heterocycles. The number of carbonyl (C=O) groups is 1. The minimum atomic E-state index is -0.530. The molecule has 5 heteroatoms. The molecule has 0 amide bonds. The minimum Gasteiger partial charge on any atom is -0.273 e. The maximum Gasteiger partial charge on any atom is 0.281 e. The third-order valence-electron chi connectivity index (χ3n) is 1.52. The van der Waals surface area contributed by atoms with Crippen LogP contribution in [-0.2, 0) is 0 Å². The summed E-state index contributed by atoms with van der Waals surface area (Å²) in [4.78, 5) is 14.8. The Morgan fingerprint density at radius 1 is 1.46 bits per heavy atom. The number of nitrogens with zero attached hydrogens (tertiary/aromatic N) is 1. The van der Waals surface area contributed by atoms with Gasteiger partial charge in [0.05, 0.1) is 10.2 Å². The molecule has 66 valence electrons. The van der Waals surface area contributed by atoms with Gasteiger partial charge in [0.15, 0.2) is 5.01 Å². The van der Waals surface area contributed by atoms with E-state index in [9.17, 15) is 4.79 Å². The van der Waals surface area contributed by atoms with Crippen LogP contribution in [-0.4, -0.2) is 10.2 Å². The van der Waals surface area contributed by atoms with Crippen LogP contribution in [0.25, 0.3) is 10.2 Å². The van der Waals surface area contributed by atoms with Gasteiger partial charge in [-0.1, -0.05) is 11.6 Å². The van der Waals surface area contributed by atoms with Crippen molar-refractivity contribution in [3.05, 3.63) is 28.2 Å². The highest BCUT2D eigenvalue weighted by molar-refractivity contribution is 7.21. The Morgan fingerprint density at radius 2 is 2.23 bits per heavy atom. The second-order valence-electron chi connectivity index (χ2n) is 2.40. The second kappa shape index (κ2) is 3.25. The molecule has 0 bridgehead atoms. The number of aromatic nitrogens is 1. The lowest BCUT2D eigenvalue weighted by molar-refractivity contribution is 0.108. The Bertz CT molecular complexity index is 480. The van der Waals surface area contributed by atoms with Crippen molar-refractivity contribution in [1.82, 2.24) is 4.98 Å². The average molecular weight is 232 g/mol. The van der Waals surface area contributed by atoms with Crippen LogP contribution in [0, 0.1) is 0 Å². The minimum absolute atomic E-state index is 0.305. The molecular formula is C8H3Cl2NOS. The van der Waals surface area contributed by atoms with Crippen molar-refractivity contribution in [3.8, 4) is 0 Å². The van der Waals surface area contributed by atoms with E-state index in [1.165, 1.54) is 11.3 Å². The lowest BCUT2D eigenvalue weighted by Crippen LogP contribution is -1.84. The zero-order valence-electron chi connectivity index (χ0n) is 6.25. The monoisotopic (exact) mass is 231 g/mol. The topological polar surface area (TPSA) is 30.0 Å². The third kappa shape index (κ3) is 1.68. The van der Waals surface area contributed by atoms with E-state index >= 15 is 0 Å².